The van der Waals surface area contributed by atoms with E-state index in [4.69, 9.17) is 9.84 Å². The van der Waals surface area contributed by atoms with Gasteiger partial charge in [0.1, 0.15) is 17.6 Å². The molecule has 1 atom stereocenters. The van der Waals surface area contributed by atoms with Crippen LogP contribution in [0.4, 0.5) is 16.0 Å². The first-order chi connectivity index (χ1) is 19.0. The number of carbonyl (C=O) groups is 1. The number of fused-ring (bicyclic) bond motifs is 1. The summed E-state index contributed by atoms with van der Waals surface area (Å²) in [6.07, 6.45) is 0.911. The van der Waals surface area contributed by atoms with Gasteiger partial charge in [0.25, 0.3) is 5.91 Å². The van der Waals surface area contributed by atoms with Gasteiger partial charge in [0.2, 0.25) is 11.1 Å². The molecule has 4 aromatic rings. The summed E-state index contributed by atoms with van der Waals surface area (Å²) in [5.41, 5.74) is 4.48. The van der Waals surface area contributed by atoms with E-state index in [0.717, 1.165) is 12.0 Å². The molecule has 7 nitrogen and oxygen atoms in total. The normalized spacial score (nSPS) is 14.5. The second-order valence-electron chi connectivity index (χ2n) is 9.09. The zero-order valence-electron chi connectivity index (χ0n) is 22.1. The zero-order valence-corrected chi connectivity index (χ0v) is 22.9. The van der Waals surface area contributed by atoms with E-state index in [1.54, 1.807) is 16.8 Å². The number of hydrogen-bond donors (Lipinski definition) is 2. The molecule has 1 aromatic heterocycles. The van der Waals surface area contributed by atoms with E-state index in [9.17, 15) is 9.18 Å². The van der Waals surface area contributed by atoms with Crippen LogP contribution in [0.3, 0.4) is 0 Å². The highest BCUT2D eigenvalue weighted by Gasteiger charge is 2.34. The van der Waals surface area contributed by atoms with Gasteiger partial charge in [-0.1, -0.05) is 73.3 Å². The molecule has 9 heteroatoms. The second-order valence-corrected chi connectivity index (χ2v) is 10.0. The van der Waals surface area contributed by atoms with Crippen molar-refractivity contribution >= 4 is 29.3 Å². The van der Waals surface area contributed by atoms with E-state index in [2.05, 4.69) is 34.7 Å². The lowest BCUT2D eigenvalue weighted by atomic mass is 9.94. The Kier molecular flexibility index (Phi) is 7.97. The van der Waals surface area contributed by atoms with Crippen molar-refractivity contribution in [2.75, 3.05) is 17.2 Å². The minimum atomic E-state index is -0.512. The highest BCUT2D eigenvalue weighted by Crippen LogP contribution is 2.38. The summed E-state index contributed by atoms with van der Waals surface area (Å²) in [5, 5.41) is 11.6. The van der Waals surface area contributed by atoms with Gasteiger partial charge >= 0.3 is 0 Å². The van der Waals surface area contributed by atoms with E-state index >= 15 is 0 Å². The van der Waals surface area contributed by atoms with E-state index in [1.807, 2.05) is 56.3 Å². The van der Waals surface area contributed by atoms with Crippen LogP contribution in [-0.2, 0) is 17.0 Å². The topological polar surface area (TPSA) is 81.1 Å². The van der Waals surface area contributed by atoms with Crippen molar-refractivity contribution in [3.05, 3.63) is 107 Å². The van der Waals surface area contributed by atoms with E-state index in [-0.39, 0.29) is 11.7 Å². The molecule has 5 rings (SSSR count). The molecule has 1 aliphatic rings. The van der Waals surface area contributed by atoms with Crippen LogP contribution in [0.1, 0.15) is 43.5 Å². The Hall–Kier alpha value is -4.11. The molecule has 2 N–H and O–H groups in total. The number of allylic oxidation sites excluding steroid dienone is 1. The van der Waals surface area contributed by atoms with Gasteiger partial charge in [-0.05, 0) is 55.2 Å². The van der Waals surface area contributed by atoms with Gasteiger partial charge in [-0.3, -0.25) is 4.79 Å². The monoisotopic (exact) mass is 543 g/mol. The first-order valence-corrected chi connectivity index (χ1v) is 13.9. The number of amides is 1. The maximum Gasteiger partial charge on any atom is 0.255 e. The summed E-state index contributed by atoms with van der Waals surface area (Å²) in [7, 11) is 0. The van der Waals surface area contributed by atoms with Gasteiger partial charge in [0.05, 0.1) is 17.9 Å². The number of ether oxygens (including phenoxy) is 1. The lowest BCUT2D eigenvalue weighted by Crippen LogP contribution is -2.31. The van der Waals surface area contributed by atoms with Crippen LogP contribution in [-0.4, -0.2) is 27.3 Å². The standard InChI is InChI=1S/C30H30FN5O2S/c1-4-20-14-16-21(17-15-20)27-26(28(37)33-24-12-8-9-13-25(24)38-5-2)19(3)32-29-34-30(35-36(27)29)39-18-22-10-6-7-11-23(22)31/h6-17,27H,4-5,18H2,1-3H3,(H,33,37)(H,32,34,35). The lowest BCUT2D eigenvalue weighted by molar-refractivity contribution is -0.113. The van der Waals surface area contributed by atoms with Gasteiger partial charge < -0.3 is 15.4 Å². The van der Waals surface area contributed by atoms with Crippen molar-refractivity contribution < 1.29 is 13.9 Å². The number of nitrogens with one attached hydrogen (secondary N) is 2. The minimum Gasteiger partial charge on any atom is -0.492 e. The van der Waals surface area contributed by atoms with Gasteiger partial charge in [-0.2, -0.15) is 4.98 Å². The molecule has 0 saturated carbocycles. The maximum atomic E-state index is 14.2. The molecule has 2 heterocycles. The van der Waals surface area contributed by atoms with Crippen molar-refractivity contribution in [2.24, 2.45) is 0 Å². The molecule has 200 valence electrons. The highest BCUT2D eigenvalue weighted by molar-refractivity contribution is 7.98. The number of anilines is 2. The number of halogens is 1. The SMILES string of the molecule is CCOc1ccccc1NC(=O)C1=C(C)Nc2nc(SCc3ccccc3F)nn2C1c1ccc(CC)cc1. The molecule has 0 radical (unpaired) electrons. The number of hydrogen-bond acceptors (Lipinski definition) is 6. The van der Waals surface area contributed by atoms with Crippen molar-refractivity contribution in [3.63, 3.8) is 0 Å². The minimum absolute atomic E-state index is 0.259. The third-order valence-electron chi connectivity index (χ3n) is 6.53. The van der Waals surface area contributed by atoms with Crippen molar-refractivity contribution in [3.8, 4) is 5.75 Å². The van der Waals surface area contributed by atoms with Crippen molar-refractivity contribution in [1.29, 1.82) is 0 Å². The molecule has 3 aromatic carbocycles. The Balaban J connectivity index is 1.50. The van der Waals surface area contributed by atoms with Crippen LogP contribution >= 0.6 is 11.8 Å². The average Bonchev–Trinajstić information content (AvgIpc) is 3.35. The summed E-state index contributed by atoms with van der Waals surface area (Å²) in [6.45, 7) is 6.35. The van der Waals surface area contributed by atoms with E-state index < -0.39 is 6.04 Å². The largest absolute Gasteiger partial charge is 0.492 e. The smallest absolute Gasteiger partial charge is 0.255 e. The fourth-order valence-corrected chi connectivity index (χ4v) is 5.34. The molecule has 0 spiro atoms. The second kappa shape index (κ2) is 11.7. The van der Waals surface area contributed by atoms with Crippen LogP contribution in [0.15, 0.2) is 89.2 Å². The van der Waals surface area contributed by atoms with Gasteiger partial charge in [-0.15, -0.1) is 5.10 Å². The van der Waals surface area contributed by atoms with Gasteiger partial charge in [0.15, 0.2) is 0 Å². The molecule has 0 bridgehead atoms. The van der Waals surface area contributed by atoms with Crippen LogP contribution in [0.2, 0.25) is 0 Å². The zero-order chi connectivity index (χ0) is 27.4. The predicted molar refractivity (Wildman–Crippen MR) is 153 cm³/mol. The van der Waals surface area contributed by atoms with E-state index in [0.29, 0.717) is 51.7 Å². The molecule has 1 amide bonds. The van der Waals surface area contributed by atoms with Gasteiger partial charge in [-0.25, -0.2) is 9.07 Å². The number of carbonyl (C=O) groups excluding carboxylic acids is 1. The van der Waals surface area contributed by atoms with Gasteiger partial charge in [0, 0.05) is 11.4 Å². The molecule has 0 fully saturated rings. The number of para-hydroxylation sites is 2. The van der Waals surface area contributed by atoms with Crippen LogP contribution in [0.25, 0.3) is 0 Å². The molecule has 1 aliphatic heterocycles. The summed E-state index contributed by atoms with van der Waals surface area (Å²) in [6, 6.07) is 21.7. The number of nitrogens with zero attached hydrogens (tertiary/aromatic N) is 3. The first kappa shape index (κ1) is 26.5. The molecule has 39 heavy (non-hydrogen) atoms. The first-order valence-electron chi connectivity index (χ1n) is 12.9. The predicted octanol–water partition coefficient (Wildman–Crippen LogP) is 6.60. The molecular formula is C30H30FN5O2S. The van der Waals surface area contributed by atoms with Crippen LogP contribution in [0.5, 0.6) is 5.75 Å². The highest BCUT2D eigenvalue weighted by atomic mass is 32.2. The summed E-state index contributed by atoms with van der Waals surface area (Å²) >= 11 is 1.35. The Morgan fingerprint density at radius 3 is 2.56 bits per heavy atom. The maximum absolute atomic E-state index is 14.2. The van der Waals surface area contributed by atoms with Crippen LogP contribution < -0.4 is 15.4 Å². The third kappa shape index (κ3) is 5.68. The number of benzene rings is 3. The fourth-order valence-electron chi connectivity index (χ4n) is 4.53. The summed E-state index contributed by atoms with van der Waals surface area (Å²) in [4.78, 5) is 18.5. The Bertz CT molecular complexity index is 1520. The van der Waals surface area contributed by atoms with Crippen molar-refractivity contribution in [2.45, 2.75) is 44.1 Å². The summed E-state index contributed by atoms with van der Waals surface area (Å²) < 4.78 is 21.6. The van der Waals surface area contributed by atoms with Crippen LogP contribution in [0, 0.1) is 5.82 Å². The molecular weight excluding hydrogens is 513 g/mol. The molecule has 1 unspecified atom stereocenters. The molecule has 0 saturated heterocycles. The number of aromatic nitrogens is 3. The Morgan fingerprint density at radius 2 is 1.82 bits per heavy atom. The molecule has 0 aliphatic carbocycles. The number of aryl methyl sites for hydroxylation is 1. The average molecular weight is 544 g/mol. The quantitative estimate of drug-likeness (QED) is 0.232. The lowest BCUT2D eigenvalue weighted by Gasteiger charge is -2.29. The number of thioether (sulfide) groups is 1. The number of rotatable bonds is 9. The van der Waals surface area contributed by atoms with E-state index in [1.165, 1.54) is 23.4 Å². The third-order valence-corrected chi connectivity index (χ3v) is 7.42. The summed E-state index contributed by atoms with van der Waals surface area (Å²) in [5.74, 6) is 0.995. The Morgan fingerprint density at radius 1 is 1.08 bits per heavy atom. The fraction of sp³-hybridized carbons (Fsp3) is 0.233. The Labute approximate surface area is 231 Å². The van der Waals surface area contributed by atoms with Crippen molar-refractivity contribution in [1.82, 2.24) is 14.8 Å².